The van der Waals surface area contributed by atoms with E-state index in [9.17, 15) is 0 Å². The Kier molecular flexibility index (Phi) is 4.94. The fourth-order valence-corrected chi connectivity index (χ4v) is 5.88. The zero-order chi connectivity index (χ0) is 18.1. The number of benzene rings is 1. The molecule has 3 heteroatoms. The van der Waals surface area contributed by atoms with E-state index in [-0.39, 0.29) is 0 Å². The van der Waals surface area contributed by atoms with Gasteiger partial charge in [-0.1, -0.05) is 67.9 Å². The molecule has 3 aliphatic carbocycles. The van der Waals surface area contributed by atoms with E-state index >= 15 is 0 Å². The van der Waals surface area contributed by atoms with Gasteiger partial charge in [0.15, 0.2) is 0 Å². The minimum Gasteiger partial charge on any atom is -0.362 e. The average Bonchev–Trinajstić information content (AvgIpc) is 3.36. The van der Waals surface area contributed by atoms with Crippen molar-refractivity contribution in [2.75, 3.05) is 4.90 Å². The standard InChI is InChI=1S/C24H32N2O/c1-3-11-21(12-4-1)26(22-13-5-2-6-14-22)23-17-27-25-24(23)20-15-18-9-7-8-10-19(18)16-20/h7-10,17,20-22H,1-6,11-16H2. The molecule has 2 aromatic rings. The fourth-order valence-electron chi connectivity index (χ4n) is 5.88. The highest BCUT2D eigenvalue weighted by molar-refractivity contribution is 5.54. The summed E-state index contributed by atoms with van der Waals surface area (Å²) < 4.78 is 5.63. The van der Waals surface area contributed by atoms with Crippen LogP contribution in [0.2, 0.25) is 0 Å². The van der Waals surface area contributed by atoms with Crippen molar-refractivity contribution in [2.45, 2.75) is 95.1 Å². The molecular weight excluding hydrogens is 332 g/mol. The van der Waals surface area contributed by atoms with Crippen molar-refractivity contribution < 1.29 is 4.52 Å². The monoisotopic (exact) mass is 364 g/mol. The number of anilines is 1. The summed E-state index contributed by atoms with van der Waals surface area (Å²) in [7, 11) is 0. The normalized spacial score (nSPS) is 22.1. The van der Waals surface area contributed by atoms with Gasteiger partial charge in [-0.25, -0.2) is 0 Å². The van der Waals surface area contributed by atoms with E-state index < -0.39 is 0 Å². The Balaban J connectivity index is 1.45. The van der Waals surface area contributed by atoms with Crippen molar-refractivity contribution in [3.63, 3.8) is 0 Å². The van der Waals surface area contributed by atoms with E-state index in [0.717, 1.165) is 12.8 Å². The van der Waals surface area contributed by atoms with Crippen molar-refractivity contribution in [1.29, 1.82) is 0 Å². The lowest BCUT2D eigenvalue weighted by Crippen LogP contribution is -2.45. The Hall–Kier alpha value is -1.77. The van der Waals surface area contributed by atoms with Crippen LogP contribution in [-0.2, 0) is 12.8 Å². The zero-order valence-corrected chi connectivity index (χ0v) is 16.4. The highest BCUT2D eigenvalue weighted by atomic mass is 16.5. The first-order valence-corrected chi connectivity index (χ1v) is 11.2. The van der Waals surface area contributed by atoms with Crippen LogP contribution in [0.3, 0.4) is 0 Å². The van der Waals surface area contributed by atoms with Crippen molar-refractivity contribution >= 4 is 5.69 Å². The highest BCUT2D eigenvalue weighted by Gasteiger charge is 2.35. The largest absolute Gasteiger partial charge is 0.362 e. The molecule has 0 atom stereocenters. The van der Waals surface area contributed by atoms with E-state index in [0.29, 0.717) is 18.0 Å². The third kappa shape index (κ3) is 3.41. The second-order valence-corrected chi connectivity index (χ2v) is 8.95. The van der Waals surface area contributed by atoms with Gasteiger partial charge < -0.3 is 9.42 Å². The first-order valence-electron chi connectivity index (χ1n) is 11.2. The molecule has 5 rings (SSSR count). The van der Waals surface area contributed by atoms with Gasteiger partial charge in [0, 0.05) is 18.0 Å². The maximum absolute atomic E-state index is 5.63. The van der Waals surface area contributed by atoms with Crippen LogP contribution in [0.5, 0.6) is 0 Å². The van der Waals surface area contributed by atoms with Crippen LogP contribution >= 0.6 is 0 Å². The molecule has 2 fully saturated rings. The van der Waals surface area contributed by atoms with E-state index in [2.05, 4.69) is 34.3 Å². The number of nitrogens with zero attached hydrogens (tertiary/aromatic N) is 2. The van der Waals surface area contributed by atoms with Gasteiger partial charge in [-0.3, -0.25) is 0 Å². The first kappa shape index (κ1) is 17.3. The van der Waals surface area contributed by atoms with Crippen LogP contribution in [0.15, 0.2) is 35.1 Å². The van der Waals surface area contributed by atoms with Gasteiger partial charge in [0.1, 0.15) is 17.6 Å². The lowest BCUT2D eigenvalue weighted by molar-refractivity contribution is 0.338. The fraction of sp³-hybridized carbons (Fsp3) is 0.625. The van der Waals surface area contributed by atoms with Gasteiger partial charge in [0.05, 0.1) is 0 Å². The maximum Gasteiger partial charge on any atom is 0.147 e. The molecule has 3 aliphatic rings. The van der Waals surface area contributed by atoms with Crippen LogP contribution in [0.25, 0.3) is 0 Å². The van der Waals surface area contributed by atoms with Crippen LogP contribution in [0.1, 0.15) is 86.9 Å². The Bertz CT molecular complexity index is 712. The third-order valence-corrected chi connectivity index (χ3v) is 7.23. The molecule has 0 N–H and O–H groups in total. The second kappa shape index (κ2) is 7.69. The van der Waals surface area contributed by atoms with Crippen LogP contribution < -0.4 is 4.90 Å². The summed E-state index contributed by atoms with van der Waals surface area (Å²) in [6.07, 6.45) is 17.9. The van der Waals surface area contributed by atoms with Gasteiger partial charge in [0.25, 0.3) is 0 Å². The van der Waals surface area contributed by atoms with Gasteiger partial charge >= 0.3 is 0 Å². The maximum atomic E-state index is 5.63. The molecule has 0 saturated heterocycles. The summed E-state index contributed by atoms with van der Waals surface area (Å²) in [5.41, 5.74) is 5.55. The molecular formula is C24H32N2O. The molecule has 27 heavy (non-hydrogen) atoms. The molecule has 144 valence electrons. The molecule has 0 unspecified atom stereocenters. The summed E-state index contributed by atoms with van der Waals surface area (Å²) in [4.78, 5) is 2.78. The molecule has 1 aromatic carbocycles. The lowest BCUT2D eigenvalue weighted by atomic mass is 9.87. The zero-order valence-electron chi connectivity index (χ0n) is 16.4. The summed E-state index contributed by atoms with van der Waals surface area (Å²) >= 11 is 0. The molecule has 2 saturated carbocycles. The van der Waals surface area contributed by atoms with Crippen LogP contribution in [-0.4, -0.2) is 17.2 Å². The molecule has 0 bridgehead atoms. The molecule has 0 spiro atoms. The quantitative estimate of drug-likeness (QED) is 0.663. The summed E-state index contributed by atoms with van der Waals surface area (Å²) in [6, 6.07) is 10.3. The molecule has 0 aliphatic heterocycles. The minimum absolute atomic E-state index is 0.478. The molecule has 1 heterocycles. The highest BCUT2D eigenvalue weighted by Crippen LogP contribution is 2.41. The van der Waals surface area contributed by atoms with Crippen molar-refractivity contribution in [2.24, 2.45) is 0 Å². The molecule has 1 aromatic heterocycles. The third-order valence-electron chi connectivity index (χ3n) is 7.23. The van der Waals surface area contributed by atoms with Crippen LogP contribution in [0, 0.1) is 0 Å². The topological polar surface area (TPSA) is 29.3 Å². The Morgan fingerprint density at radius 2 is 1.33 bits per heavy atom. The molecule has 0 amide bonds. The predicted octanol–water partition coefficient (Wildman–Crippen LogP) is 6.03. The van der Waals surface area contributed by atoms with Crippen molar-refractivity contribution in [3.8, 4) is 0 Å². The van der Waals surface area contributed by atoms with E-state index in [1.807, 2.05) is 6.26 Å². The Morgan fingerprint density at radius 3 is 1.89 bits per heavy atom. The number of hydrogen-bond donors (Lipinski definition) is 0. The van der Waals surface area contributed by atoms with Gasteiger partial charge in [-0.15, -0.1) is 0 Å². The summed E-state index contributed by atoms with van der Waals surface area (Å²) in [5.74, 6) is 0.478. The lowest BCUT2D eigenvalue weighted by Gasteiger charge is -2.43. The predicted molar refractivity (Wildman–Crippen MR) is 109 cm³/mol. The summed E-state index contributed by atoms with van der Waals surface area (Å²) in [5, 5.41) is 4.58. The number of aromatic nitrogens is 1. The average molecular weight is 365 g/mol. The number of hydrogen-bond acceptors (Lipinski definition) is 3. The van der Waals surface area contributed by atoms with E-state index in [1.54, 1.807) is 0 Å². The van der Waals surface area contributed by atoms with Gasteiger partial charge in [-0.2, -0.15) is 0 Å². The van der Waals surface area contributed by atoms with E-state index in [1.165, 1.54) is 86.7 Å². The van der Waals surface area contributed by atoms with Crippen molar-refractivity contribution in [1.82, 2.24) is 5.16 Å². The Morgan fingerprint density at radius 1 is 0.778 bits per heavy atom. The first-order chi connectivity index (χ1) is 13.4. The molecule has 0 radical (unpaired) electrons. The second-order valence-electron chi connectivity index (χ2n) is 8.95. The van der Waals surface area contributed by atoms with Gasteiger partial charge in [0.2, 0.25) is 0 Å². The van der Waals surface area contributed by atoms with Crippen molar-refractivity contribution in [3.05, 3.63) is 47.3 Å². The number of rotatable bonds is 4. The SMILES string of the molecule is c1ccc2c(c1)CC(c1nocc1N(C1CCCCC1)C1CCCCC1)C2. The van der Waals surface area contributed by atoms with E-state index in [4.69, 9.17) is 4.52 Å². The minimum atomic E-state index is 0.478. The smallest absolute Gasteiger partial charge is 0.147 e. The summed E-state index contributed by atoms with van der Waals surface area (Å²) in [6.45, 7) is 0. The van der Waals surface area contributed by atoms with Crippen LogP contribution in [0.4, 0.5) is 5.69 Å². The van der Waals surface area contributed by atoms with Gasteiger partial charge in [-0.05, 0) is 49.7 Å². The number of fused-ring (bicyclic) bond motifs is 1. The molecule has 3 nitrogen and oxygen atoms in total. The Labute approximate surface area is 163 Å².